The van der Waals surface area contributed by atoms with Crippen LogP contribution in [-0.2, 0) is 33.3 Å². The number of thioether (sulfide) groups is 2. The number of rotatable bonds is 46. The summed E-state index contributed by atoms with van der Waals surface area (Å²) in [6.07, 6.45) is 32.2. The third-order valence-electron chi connectivity index (χ3n) is 10.8. The monoisotopic (exact) mass is 874 g/mol. The van der Waals surface area contributed by atoms with Crippen molar-refractivity contribution in [3.63, 3.8) is 0 Å². The first-order valence-corrected chi connectivity index (χ1v) is 27.0. The van der Waals surface area contributed by atoms with Gasteiger partial charge < -0.3 is 23.8 Å². The van der Waals surface area contributed by atoms with Gasteiger partial charge in [-0.15, -0.1) is 0 Å². The van der Waals surface area contributed by atoms with Gasteiger partial charge in [0.25, 0.3) is 0 Å². The molecule has 0 amide bonds. The topological polar surface area (TPSA) is 91.4 Å². The summed E-state index contributed by atoms with van der Waals surface area (Å²) in [6, 6.07) is 0. The van der Waals surface area contributed by atoms with Gasteiger partial charge in [0.2, 0.25) is 0 Å². The second-order valence-electron chi connectivity index (χ2n) is 17.1. The fourth-order valence-corrected chi connectivity index (χ4v) is 9.15. The van der Waals surface area contributed by atoms with E-state index in [-0.39, 0.29) is 42.8 Å². The van der Waals surface area contributed by atoms with Crippen molar-refractivity contribution >= 4 is 41.4 Å². The SMILES string of the molecule is CCCCCCCC(=O)OC(CCCCCC)CSCCCCCC(CCCCCSCC(CCCCCC)OC(=O)CCCCCCC)OC(=O)COCCN(C)C. The van der Waals surface area contributed by atoms with Gasteiger partial charge >= 0.3 is 17.9 Å². The van der Waals surface area contributed by atoms with Crippen LogP contribution >= 0.6 is 23.5 Å². The smallest absolute Gasteiger partial charge is 0.332 e. The average molecular weight is 874 g/mol. The Bertz CT molecular complexity index is 882. The van der Waals surface area contributed by atoms with Crippen LogP contribution < -0.4 is 0 Å². The van der Waals surface area contributed by atoms with Crippen molar-refractivity contribution in [3.05, 3.63) is 0 Å². The lowest BCUT2D eigenvalue weighted by Crippen LogP contribution is -2.24. The fourth-order valence-electron chi connectivity index (χ4n) is 7.01. The Morgan fingerprint density at radius 2 is 0.797 bits per heavy atom. The molecule has 0 aliphatic rings. The predicted octanol–water partition coefficient (Wildman–Crippen LogP) is 13.5. The first kappa shape index (κ1) is 58.0. The zero-order chi connectivity index (χ0) is 43.4. The molecule has 0 saturated carbocycles. The van der Waals surface area contributed by atoms with Crippen molar-refractivity contribution < 1.29 is 33.3 Å². The number of carbonyl (C=O) groups is 3. The number of nitrogens with zero attached hydrogens (tertiary/aromatic N) is 1. The van der Waals surface area contributed by atoms with Gasteiger partial charge in [0.15, 0.2) is 0 Å². The summed E-state index contributed by atoms with van der Waals surface area (Å²) in [4.78, 5) is 39.9. The molecule has 2 unspecified atom stereocenters. The van der Waals surface area contributed by atoms with E-state index in [4.69, 9.17) is 18.9 Å². The van der Waals surface area contributed by atoms with Crippen molar-refractivity contribution in [1.82, 2.24) is 4.90 Å². The minimum Gasteiger partial charge on any atom is -0.461 e. The molecular weight excluding hydrogens is 779 g/mol. The van der Waals surface area contributed by atoms with Gasteiger partial charge in [-0.2, -0.15) is 23.5 Å². The van der Waals surface area contributed by atoms with Crippen LogP contribution in [0, 0.1) is 0 Å². The largest absolute Gasteiger partial charge is 0.461 e. The highest BCUT2D eigenvalue weighted by atomic mass is 32.2. The van der Waals surface area contributed by atoms with Gasteiger partial charge in [0.05, 0.1) is 6.61 Å². The highest BCUT2D eigenvalue weighted by Crippen LogP contribution is 2.21. The molecule has 0 saturated heterocycles. The van der Waals surface area contributed by atoms with Crippen LogP contribution in [0.4, 0.5) is 0 Å². The third-order valence-corrected chi connectivity index (χ3v) is 13.1. The first-order chi connectivity index (χ1) is 28.7. The molecule has 59 heavy (non-hydrogen) atoms. The number of carbonyl (C=O) groups excluding carboxylic acids is 3. The molecule has 0 aromatic carbocycles. The molecule has 0 rings (SSSR count). The molecule has 350 valence electrons. The Morgan fingerprint density at radius 3 is 1.20 bits per heavy atom. The van der Waals surface area contributed by atoms with E-state index in [9.17, 15) is 14.4 Å². The molecular formula is C49H95NO7S2. The molecule has 0 radical (unpaired) electrons. The third kappa shape index (κ3) is 42.1. The van der Waals surface area contributed by atoms with Crippen LogP contribution in [0.3, 0.4) is 0 Å². The van der Waals surface area contributed by atoms with E-state index in [0.29, 0.717) is 19.4 Å². The van der Waals surface area contributed by atoms with Crippen LogP contribution in [0.25, 0.3) is 0 Å². The average Bonchev–Trinajstić information content (AvgIpc) is 3.21. The molecule has 0 aromatic heterocycles. The quantitative estimate of drug-likeness (QED) is 0.0334. The highest BCUT2D eigenvalue weighted by Gasteiger charge is 2.18. The van der Waals surface area contributed by atoms with Crippen molar-refractivity contribution in [3.8, 4) is 0 Å². The Kier molecular flexibility index (Phi) is 44.3. The van der Waals surface area contributed by atoms with E-state index < -0.39 is 0 Å². The van der Waals surface area contributed by atoms with Crippen molar-refractivity contribution in [2.75, 3.05) is 56.9 Å². The molecule has 8 nitrogen and oxygen atoms in total. The number of esters is 3. The maximum Gasteiger partial charge on any atom is 0.332 e. The van der Waals surface area contributed by atoms with Gasteiger partial charge in [-0.3, -0.25) is 9.59 Å². The van der Waals surface area contributed by atoms with Crippen LogP contribution in [0.5, 0.6) is 0 Å². The highest BCUT2D eigenvalue weighted by molar-refractivity contribution is 7.99. The van der Waals surface area contributed by atoms with Gasteiger partial charge in [0.1, 0.15) is 24.9 Å². The predicted molar refractivity (Wildman–Crippen MR) is 255 cm³/mol. The Hall–Kier alpha value is -0.970. The molecule has 0 N–H and O–H groups in total. The van der Waals surface area contributed by atoms with E-state index in [2.05, 4.69) is 27.7 Å². The molecule has 10 heteroatoms. The molecule has 0 fully saturated rings. The van der Waals surface area contributed by atoms with E-state index in [1.807, 2.05) is 42.5 Å². The molecule has 0 aliphatic heterocycles. The normalized spacial score (nSPS) is 13.1. The van der Waals surface area contributed by atoms with Crippen molar-refractivity contribution in [1.29, 1.82) is 0 Å². The number of likely N-dealkylation sites (N-methyl/N-ethyl adjacent to an activating group) is 1. The number of unbranched alkanes of at least 4 members (excludes halogenated alkanes) is 18. The molecule has 0 bridgehead atoms. The summed E-state index contributed by atoms with van der Waals surface area (Å²) in [5, 5.41) is 0. The van der Waals surface area contributed by atoms with Crippen LogP contribution in [0.1, 0.15) is 220 Å². The lowest BCUT2D eigenvalue weighted by Gasteiger charge is -2.19. The zero-order valence-corrected chi connectivity index (χ0v) is 41.1. The van der Waals surface area contributed by atoms with Crippen LogP contribution in [0.15, 0.2) is 0 Å². The van der Waals surface area contributed by atoms with Gasteiger partial charge in [-0.05, 0) is 103 Å². The Balaban J connectivity index is 4.75. The summed E-state index contributed by atoms with van der Waals surface area (Å²) < 4.78 is 23.5. The lowest BCUT2D eigenvalue weighted by atomic mass is 10.0. The molecule has 0 aromatic rings. The first-order valence-electron chi connectivity index (χ1n) is 24.7. The molecule has 0 aliphatic carbocycles. The van der Waals surface area contributed by atoms with E-state index in [1.165, 1.54) is 77.0 Å². The zero-order valence-electron chi connectivity index (χ0n) is 39.5. The summed E-state index contributed by atoms with van der Waals surface area (Å²) in [6.45, 7) is 10.2. The number of hydrogen-bond acceptors (Lipinski definition) is 10. The maximum absolute atomic E-state index is 12.7. The lowest BCUT2D eigenvalue weighted by molar-refractivity contribution is -0.155. The summed E-state index contributed by atoms with van der Waals surface area (Å²) >= 11 is 3.83. The van der Waals surface area contributed by atoms with Gasteiger partial charge in [-0.1, -0.05) is 130 Å². The van der Waals surface area contributed by atoms with Crippen LogP contribution in [-0.4, -0.2) is 98.0 Å². The summed E-state index contributed by atoms with van der Waals surface area (Å²) in [7, 11) is 3.99. The number of hydrogen-bond donors (Lipinski definition) is 0. The van der Waals surface area contributed by atoms with Crippen molar-refractivity contribution in [2.45, 2.75) is 239 Å². The fraction of sp³-hybridized carbons (Fsp3) is 0.939. The van der Waals surface area contributed by atoms with Crippen molar-refractivity contribution in [2.24, 2.45) is 0 Å². The minimum absolute atomic E-state index is 0.00367. The van der Waals surface area contributed by atoms with E-state index in [0.717, 1.165) is 132 Å². The number of ether oxygens (including phenoxy) is 4. The Labute approximate surface area is 373 Å². The summed E-state index contributed by atoms with van der Waals surface area (Å²) in [5.41, 5.74) is 0. The second-order valence-corrected chi connectivity index (χ2v) is 19.4. The van der Waals surface area contributed by atoms with Gasteiger partial charge in [0, 0.05) is 30.9 Å². The molecule has 0 spiro atoms. The molecule has 2 atom stereocenters. The minimum atomic E-state index is -0.263. The van der Waals surface area contributed by atoms with Crippen LogP contribution in [0.2, 0.25) is 0 Å². The Morgan fingerprint density at radius 1 is 0.441 bits per heavy atom. The maximum atomic E-state index is 12.7. The van der Waals surface area contributed by atoms with E-state index in [1.54, 1.807) is 0 Å². The standard InChI is InChI=1S/C49H95NO7S2/c1-7-11-15-19-27-35-47(51)56-45(33-23-17-13-9-3)42-58-39-29-21-25-31-44(55-49(53)41-54-38-37-50(5)6)32-26-22-30-40-59-43-46(34-24-18-14-10-4)57-48(52)36-28-20-16-12-8-2/h44-46H,7-43H2,1-6H3. The second kappa shape index (κ2) is 45.1. The summed E-state index contributed by atoms with van der Waals surface area (Å²) in [5.74, 6) is 3.57. The van der Waals surface area contributed by atoms with Gasteiger partial charge in [-0.25, -0.2) is 4.79 Å². The molecule has 0 heterocycles. The van der Waals surface area contributed by atoms with E-state index >= 15 is 0 Å².